The second-order valence-electron chi connectivity index (χ2n) is 6.90. The lowest BCUT2D eigenvalue weighted by Crippen LogP contribution is -2.25. The second-order valence-corrected chi connectivity index (χ2v) is 8.75. The monoisotopic (exact) mass is 484 g/mol. The number of fused-ring (bicyclic) bond motifs is 1. The highest BCUT2D eigenvalue weighted by Gasteiger charge is 2.18. The van der Waals surface area contributed by atoms with Gasteiger partial charge in [-0.25, -0.2) is 15.0 Å². The van der Waals surface area contributed by atoms with Crippen molar-refractivity contribution in [3.63, 3.8) is 0 Å². The normalized spacial score (nSPS) is 12.6. The Balaban J connectivity index is 1.52. The number of carbonyl (C=O) groups excluding carboxylic acids is 1. The quantitative estimate of drug-likeness (QED) is 0.219. The minimum atomic E-state index is -0.362. The highest BCUT2D eigenvalue weighted by Crippen LogP contribution is 2.27. The fourth-order valence-electron chi connectivity index (χ4n) is 3.01. The van der Waals surface area contributed by atoms with Crippen LogP contribution in [0.1, 0.15) is 22.2 Å². The average molecular weight is 485 g/mol. The van der Waals surface area contributed by atoms with E-state index in [1.54, 1.807) is 7.11 Å². The van der Waals surface area contributed by atoms with Crippen molar-refractivity contribution >= 4 is 61.5 Å². The number of methoxy groups -OCH3 is 1. The van der Waals surface area contributed by atoms with E-state index >= 15 is 0 Å². The Morgan fingerprint density at radius 3 is 2.94 bits per heavy atom. The molecule has 0 aliphatic rings. The van der Waals surface area contributed by atoms with Crippen LogP contribution in [0.15, 0.2) is 46.6 Å². The number of nitrogens with two attached hydrogens (primary N) is 1. The molecular formula is C20H20N8O3S2. The Bertz CT molecular complexity index is 1370. The summed E-state index contributed by atoms with van der Waals surface area (Å²) in [5, 5.41) is 7.44. The average Bonchev–Trinajstić information content (AvgIpc) is 3.41. The van der Waals surface area contributed by atoms with Gasteiger partial charge in [-0.1, -0.05) is 23.5 Å². The Kier molecular flexibility index (Phi) is 6.72. The van der Waals surface area contributed by atoms with E-state index in [-0.39, 0.29) is 28.9 Å². The summed E-state index contributed by atoms with van der Waals surface area (Å²) in [6.07, 6.45) is 2.84. The molecule has 3 aromatic heterocycles. The lowest BCUT2D eigenvalue weighted by molar-refractivity contribution is 0.103. The fraction of sp³-hybridized carbons (Fsp3) is 0.200. The zero-order chi connectivity index (χ0) is 23.4. The first-order chi connectivity index (χ1) is 16.0. The fourth-order valence-corrected chi connectivity index (χ4v) is 4.54. The molecule has 3 heterocycles. The molecule has 170 valence electrons. The van der Waals surface area contributed by atoms with Crippen LogP contribution in [0.4, 0.5) is 16.0 Å². The van der Waals surface area contributed by atoms with Gasteiger partial charge >= 0.3 is 0 Å². The molecule has 13 heteroatoms. The first-order valence-electron chi connectivity index (χ1n) is 9.74. The molecule has 0 aliphatic carbocycles. The SMILES string of the molecule is COCC(C)N=C(N)c1c(Nc2ncc(C(=O)Nc3ncnc4ccccc34)s2)s[nH]c1=O. The van der Waals surface area contributed by atoms with Crippen LogP contribution in [0.5, 0.6) is 0 Å². The largest absolute Gasteiger partial charge is 0.383 e. The Morgan fingerprint density at radius 1 is 1.30 bits per heavy atom. The van der Waals surface area contributed by atoms with Crippen molar-refractivity contribution in [2.24, 2.45) is 10.7 Å². The van der Waals surface area contributed by atoms with Gasteiger partial charge in [-0.05, 0) is 30.6 Å². The van der Waals surface area contributed by atoms with Crippen LogP contribution in [-0.2, 0) is 4.74 Å². The number of hydrogen-bond acceptors (Lipinski definition) is 10. The van der Waals surface area contributed by atoms with Gasteiger partial charge in [0.15, 0.2) is 5.13 Å². The molecule has 0 radical (unpaired) electrons. The molecule has 0 spiro atoms. The molecule has 1 unspecified atom stereocenters. The van der Waals surface area contributed by atoms with Crippen molar-refractivity contribution in [3.8, 4) is 0 Å². The van der Waals surface area contributed by atoms with Gasteiger partial charge < -0.3 is 21.1 Å². The van der Waals surface area contributed by atoms with Crippen LogP contribution in [0, 0.1) is 0 Å². The molecule has 0 fully saturated rings. The van der Waals surface area contributed by atoms with E-state index in [0.29, 0.717) is 27.4 Å². The molecule has 1 aromatic carbocycles. The van der Waals surface area contributed by atoms with Crippen LogP contribution in [0.25, 0.3) is 10.9 Å². The number of para-hydroxylation sites is 1. The second kappa shape index (κ2) is 9.85. The van der Waals surface area contributed by atoms with E-state index in [1.807, 2.05) is 31.2 Å². The third-order valence-electron chi connectivity index (χ3n) is 4.45. The number of aromatic amines is 1. The molecule has 0 saturated carbocycles. The van der Waals surface area contributed by atoms with E-state index in [9.17, 15) is 9.59 Å². The van der Waals surface area contributed by atoms with Crippen LogP contribution >= 0.6 is 22.9 Å². The molecule has 1 atom stereocenters. The van der Waals surface area contributed by atoms with Gasteiger partial charge in [0.1, 0.15) is 33.4 Å². The summed E-state index contributed by atoms with van der Waals surface area (Å²) in [7, 11) is 1.57. The number of amides is 1. The maximum Gasteiger partial charge on any atom is 0.271 e. The maximum absolute atomic E-state index is 12.8. The first-order valence-corrected chi connectivity index (χ1v) is 11.4. The molecule has 1 amide bonds. The molecule has 4 rings (SSSR count). The van der Waals surface area contributed by atoms with Crippen molar-refractivity contribution in [1.29, 1.82) is 0 Å². The van der Waals surface area contributed by atoms with Gasteiger partial charge in [0.25, 0.3) is 11.5 Å². The number of H-pyrrole nitrogens is 1. The van der Waals surface area contributed by atoms with Gasteiger partial charge in [0, 0.05) is 12.5 Å². The van der Waals surface area contributed by atoms with E-state index in [0.717, 1.165) is 33.8 Å². The van der Waals surface area contributed by atoms with E-state index < -0.39 is 0 Å². The molecule has 0 saturated heterocycles. The Morgan fingerprint density at radius 2 is 2.12 bits per heavy atom. The molecular weight excluding hydrogens is 464 g/mol. The number of aromatic nitrogens is 4. The number of rotatable bonds is 8. The predicted octanol–water partition coefficient (Wildman–Crippen LogP) is 2.57. The number of benzene rings is 1. The smallest absolute Gasteiger partial charge is 0.271 e. The zero-order valence-electron chi connectivity index (χ0n) is 17.7. The number of aliphatic imine (C=N–C) groups is 1. The molecule has 0 bridgehead atoms. The summed E-state index contributed by atoms with van der Waals surface area (Å²) in [6.45, 7) is 2.20. The van der Waals surface area contributed by atoms with Crippen LogP contribution in [0.3, 0.4) is 0 Å². The minimum Gasteiger partial charge on any atom is -0.383 e. The van der Waals surface area contributed by atoms with Crippen molar-refractivity contribution in [2.75, 3.05) is 24.4 Å². The third kappa shape index (κ3) is 5.05. The van der Waals surface area contributed by atoms with E-state index in [4.69, 9.17) is 10.5 Å². The lowest BCUT2D eigenvalue weighted by atomic mass is 10.2. The van der Waals surface area contributed by atoms with Crippen molar-refractivity contribution in [2.45, 2.75) is 13.0 Å². The summed E-state index contributed by atoms with van der Waals surface area (Å²) in [4.78, 5) is 42.3. The molecule has 4 aromatic rings. The highest BCUT2D eigenvalue weighted by molar-refractivity contribution is 7.18. The third-order valence-corrected chi connectivity index (χ3v) is 6.16. The van der Waals surface area contributed by atoms with Crippen LogP contribution in [-0.4, -0.2) is 50.8 Å². The van der Waals surface area contributed by atoms with Crippen molar-refractivity contribution in [3.05, 3.63) is 57.6 Å². The molecule has 33 heavy (non-hydrogen) atoms. The number of anilines is 3. The summed E-state index contributed by atoms with van der Waals surface area (Å²) >= 11 is 2.19. The van der Waals surface area contributed by atoms with Crippen LogP contribution < -0.4 is 21.9 Å². The summed E-state index contributed by atoms with van der Waals surface area (Å²) in [5.41, 5.74) is 6.64. The van der Waals surface area contributed by atoms with Gasteiger partial charge in [-0.3, -0.25) is 19.0 Å². The summed E-state index contributed by atoms with van der Waals surface area (Å²) < 4.78 is 7.69. The van der Waals surface area contributed by atoms with Gasteiger partial charge in [-0.15, -0.1) is 0 Å². The summed E-state index contributed by atoms with van der Waals surface area (Å²) in [5.74, 6) is 0.143. The number of ether oxygens (including phenoxy) is 1. The number of carbonyl (C=O) groups is 1. The number of amidine groups is 1. The zero-order valence-corrected chi connectivity index (χ0v) is 19.3. The van der Waals surface area contributed by atoms with E-state index in [1.165, 1.54) is 12.5 Å². The number of nitrogens with zero attached hydrogens (tertiary/aromatic N) is 4. The van der Waals surface area contributed by atoms with Gasteiger partial charge in [0.05, 0.1) is 24.4 Å². The van der Waals surface area contributed by atoms with Gasteiger partial charge in [0.2, 0.25) is 0 Å². The Hall–Kier alpha value is -3.68. The van der Waals surface area contributed by atoms with Gasteiger partial charge in [-0.2, -0.15) is 0 Å². The van der Waals surface area contributed by atoms with Crippen molar-refractivity contribution in [1.82, 2.24) is 19.3 Å². The maximum atomic E-state index is 12.8. The number of thiazole rings is 1. The topological polar surface area (TPSA) is 160 Å². The standard InChI is InChI=1S/C20H20N8O3S2/c1-10(8-31-2)25-15(21)14-18(30)28-33-19(14)27-20-22-7-13(32-20)17(29)26-16-11-5-3-4-6-12(11)23-9-24-16/h3-7,9-10H,8H2,1-2H3,(H2,21,25)(H,22,27)(H,28,30)(H,23,24,26,29). The first kappa shape index (κ1) is 22.5. The number of hydrogen-bond donors (Lipinski definition) is 4. The molecule has 5 N–H and O–H groups in total. The summed E-state index contributed by atoms with van der Waals surface area (Å²) in [6, 6.07) is 7.17. The lowest BCUT2D eigenvalue weighted by Gasteiger charge is -2.07. The highest BCUT2D eigenvalue weighted by atomic mass is 32.1. The molecule has 0 aliphatic heterocycles. The number of nitrogens with one attached hydrogen (secondary N) is 3. The minimum absolute atomic E-state index is 0.0923. The predicted molar refractivity (Wildman–Crippen MR) is 130 cm³/mol. The Labute approximate surface area is 195 Å². The molecule has 11 nitrogen and oxygen atoms in total. The van der Waals surface area contributed by atoms with E-state index in [2.05, 4.69) is 35.0 Å². The van der Waals surface area contributed by atoms with Crippen molar-refractivity contribution < 1.29 is 9.53 Å². The van der Waals surface area contributed by atoms with Crippen LogP contribution in [0.2, 0.25) is 0 Å².